The summed E-state index contributed by atoms with van der Waals surface area (Å²) in [4.78, 5) is 25.5. The summed E-state index contributed by atoms with van der Waals surface area (Å²) in [6.07, 6.45) is -5.38. The average molecular weight is 418 g/mol. The third kappa shape index (κ3) is 4.76. The number of aromatic nitrogens is 2. The zero-order valence-electron chi connectivity index (χ0n) is 13.6. The molecule has 0 saturated carbocycles. The highest BCUT2D eigenvalue weighted by molar-refractivity contribution is 8.01. The van der Waals surface area contributed by atoms with Crippen molar-refractivity contribution in [1.29, 1.82) is 0 Å². The number of imide groups is 1. The molecule has 1 aliphatic rings. The number of amides is 2. The number of halogens is 3. The lowest BCUT2D eigenvalue weighted by Gasteiger charge is -2.17. The quantitative estimate of drug-likeness (QED) is 0.526. The normalized spacial score (nSPS) is 15.2. The van der Waals surface area contributed by atoms with E-state index in [2.05, 4.69) is 15.5 Å². The Bertz CT molecular complexity index is 824. The summed E-state index contributed by atoms with van der Waals surface area (Å²) in [7, 11) is 0. The smallest absolute Gasteiger partial charge is 0.390 e. The summed E-state index contributed by atoms with van der Waals surface area (Å²) in [5.74, 6) is -0.829. The number of thioether (sulfide) groups is 1. The summed E-state index contributed by atoms with van der Waals surface area (Å²) in [6.45, 7) is -1.40. The second-order valence-electron chi connectivity index (χ2n) is 5.57. The van der Waals surface area contributed by atoms with Gasteiger partial charge in [-0.1, -0.05) is 35.2 Å². The van der Waals surface area contributed by atoms with E-state index in [1.54, 1.807) is 24.3 Å². The number of anilines is 1. The number of rotatable bonds is 7. The first-order valence-corrected chi connectivity index (χ1v) is 9.45. The van der Waals surface area contributed by atoms with Gasteiger partial charge in [-0.05, 0) is 12.1 Å². The number of carbonyl (C=O) groups is 2. The number of aliphatic hydroxyl groups excluding tert-OH is 1. The molecule has 2 N–H and O–H groups in total. The van der Waals surface area contributed by atoms with Crippen molar-refractivity contribution in [2.45, 2.75) is 16.6 Å². The van der Waals surface area contributed by atoms with Gasteiger partial charge in [-0.2, -0.15) is 13.2 Å². The van der Waals surface area contributed by atoms with E-state index in [9.17, 15) is 27.9 Å². The number of hydrogen-bond acceptors (Lipinski definition) is 8. The minimum atomic E-state index is -4.36. The van der Waals surface area contributed by atoms with Gasteiger partial charge in [-0.3, -0.25) is 14.5 Å². The number of β-amino-alcohol motifs (C(OH)–C–C–N with tert-alkyl or cyclic N) is 1. The maximum absolute atomic E-state index is 12.2. The Morgan fingerprint density at radius 2 is 1.81 bits per heavy atom. The van der Waals surface area contributed by atoms with Gasteiger partial charge in [0.05, 0.1) is 23.8 Å². The van der Waals surface area contributed by atoms with E-state index in [0.29, 0.717) is 15.5 Å². The van der Waals surface area contributed by atoms with Crippen LogP contribution in [-0.4, -0.2) is 63.1 Å². The number of alkyl halides is 3. The Morgan fingerprint density at radius 1 is 1.19 bits per heavy atom. The zero-order valence-corrected chi connectivity index (χ0v) is 15.2. The molecule has 7 nitrogen and oxygen atoms in total. The molecule has 144 valence electrons. The fourth-order valence-corrected chi connectivity index (χ4v) is 4.04. The highest BCUT2D eigenvalue weighted by atomic mass is 32.2. The molecule has 0 fully saturated rings. The van der Waals surface area contributed by atoms with Gasteiger partial charge in [0.25, 0.3) is 11.8 Å². The van der Waals surface area contributed by atoms with Crippen molar-refractivity contribution in [3.05, 3.63) is 35.4 Å². The van der Waals surface area contributed by atoms with Crippen LogP contribution in [-0.2, 0) is 0 Å². The second kappa shape index (κ2) is 7.82. The molecule has 3 rings (SSSR count). The fourth-order valence-electron chi connectivity index (χ4n) is 2.35. The SMILES string of the molecule is O=C1c2ccccc2C(=O)N1CC(O)CSc1nnc(NCC(F)(F)F)s1. The van der Waals surface area contributed by atoms with Gasteiger partial charge in [0.15, 0.2) is 4.34 Å². The number of aliphatic hydroxyl groups is 1. The van der Waals surface area contributed by atoms with E-state index in [-0.39, 0.29) is 17.4 Å². The third-order valence-corrected chi connectivity index (χ3v) is 5.68. The van der Waals surface area contributed by atoms with Gasteiger partial charge in [0.2, 0.25) is 5.13 Å². The van der Waals surface area contributed by atoms with E-state index in [1.165, 1.54) is 0 Å². The van der Waals surface area contributed by atoms with E-state index in [1.807, 2.05) is 0 Å². The Morgan fingerprint density at radius 3 is 2.41 bits per heavy atom. The predicted octanol–water partition coefficient (Wildman–Crippen LogP) is 2.26. The summed E-state index contributed by atoms with van der Waals surface area (Å²) in [6, 6.07) is 6.40. The van der Waals surface area contributed by atoms with Crippen LogP contribution in [0.25, 0.3) is 0 Å². The van der Waals surface area contributed by atoms with Crippen molar-refractivity contribution in [2.24, 2.45) is 0 Å². The van der Waals surface area contributed by atoms with Crippen molar-refractivity contribution >= 4 is 40.0 Å². The van der Waals surface area contributed by atoms with Crippen LogP contribution in [0.4, 0.5) is 18.3 Å². The fraction of sp³-hybridized carbons (Fsp3) is 0.333. The van der Waals surface area contributed by atoms with Crippen LogP contribution in [0.15, 0.2) is 28.6 Å². The van der Waals surface area contributed by atoms with Crippen LogP contribution in [0.1, 0.15) is 20.7 Å². The number of carbonyl (C=O) groups excluding carboxylic acids is 2. The molecule has 0 spiro atoms. The molecule has 0 aliphatic carbocycles. The maximum Gasteiger partial charge on any atom is 0.405 e. The third-order valence-electron chi connectivity index (χ3n) is 3.52. The molecule has 2 aromatic rings. The highest BCUT2D eigenvalue weighted by Crippen LogP contribution is 2.28. The maximum atomic E-state index is 12.2. The van der Waals surface area contributed by atoms with Gasteiger partial charge in [-0.15, -0.1) is 10.2 Å². The molecule has 2 heterocycles. The van der Waals surface area contributed by atoms with E-state index in [0.717, 1.165) is 28.0 Å². The number of nitrogens with one attached hydrogen (secondary N) is 1. The van der Waals surface area contributed by atoms with Gasteiger partial charge >= 0.3 is 6.18 Å². The van der Waals surface area contributed by atoms with Crippen LogP contribution >= 0.6 is 23.1 Å². The van der Waals surface area contributed by atoms with Crippen molar-refractivity contribution in [3.63, 3.8) is 0 Å². The molecule has 1 atom stereocenters. The standard InChI is InChI=1S/C15H13F3N4O3S2/c16-15(17,18)7-19-13-20-21-14(27-13)26-6-8(23)5-22-11(24)9-3-1-2-4-10(9)12(22)25/h1-4,8,23H,5-7H2,(H,19,20). The van der Waals surface area contributed by atoms with Gasteiger partial charge < -0.3 is 10.4 Å². The largest absolute Gasteiger partial charge is 0.405 e. The molecule has 2 amide bonds. The monoisotopic (exact) mass is 418 g/mol. The predicted molar refractivity (Wildman–Crippen MR) is 93.0 cm³/mol. The molecular formula is C15H13F3N4O3S2. The first kappa shape index (κ1) is 19.6. The number of nitrogens with zero attached hydrogens (tertiary/aromatic N) is 3. The number of fused-ring (bicyclic) bond motifs is 1. The summed E-state index contributed by atoms with van der Waals surface area (Å²) < 4.78 is 36.8. The lowest BCUT2D eigenvalue weighted by atomic mass is 10.1. The number of hydrogen-bond donors (Lipinski definition) is 2. The first-order valence-electron chi connectivity index (χ1n) is 7.65. The highest BCUT2D eigenvalue weighted by Gasteiger charge is 2.36. The molecule has 0 bridgehead atoms. The zero-order chi connectivity index (χ0) is 19.6. The van der Waals surface area contributed by atoms with Gasteiger partial charge in [-0.25, -0.2) is 0 Å². The summed E-state index contributed by atoms with van der Waals surface area (Å²) in [5.41, 5.74) is 0.596. The van der Waals surface area contributed by atoms with Gasteiger partial charge in [0, 0.05) is 5.75 Å². The molecule has 1 aromatic heterocycles. The van der Waals surface area contributed by atoms with Crippen molar-refractivity contribution in [3.8, 4) is 0 Å². The molecule has 27 heavy (non-hydrogen) atoms. The Hall–Kier alpha value is -2.18. The van der Waals surface area contributed by atoms with Crippen LogP contribution in [0.5, 0.6) is 0 Å². The van der Waals surface area contributed by atoms with Crippen LogP contribution < -0.4 is 5.32 Å². The van der Waals surface area contributed by atoms with Gasteiger partial charge in [0.1, 0.15) is 6.54 Å². The van der Waals surface area contributed by atoms with Crippen LogP contribution in [0, 0.1) is 0 Å². The van der Waals surface area contributed by atoms with E-state index < -0.39 is 30.6 Å². The minimum Gasteiger partial charge on any atom is -0.390 e. The topological polar surface area (TPSA) is 95.4 Å². The number of benzene rings is 1. The second-order valence-corrected chi connectivity index (χ2v) is 7.82. The lowest BCUT2D eigenvalue weighted by molar-refractivity contribution is -0.115. The summed E-state index contributed by atoms with van der Waals surface area (Å²) in [5, 5.41) is 19.6. The Kier molecular flexibility index (Phi) is 5.67. The molecule has 0 radical (unpaired) electrons. The molecule has 1 aliphatic heterocycles. The molecule has 0 saturated heterocycles. The Balaban J connectivity index is 1.51. The lowest BCUT2D eigenvalue weighted by Crippen LogP contribution is -2.37. The average Bonchev–Trinajstić information content (AvgIpc) is 3.17. The Labute approximate surface area is 159 Å². The van der Waals surface area contributed by atoms with Crippen LogP contribution in [0.3, 0.4) is 0 Å². The van der Waals surface area contributed by atoms with E-state index in [4.69, 9.17) is 0 Å². The van der Waals surface area contributed by atoms with Crippen molar-refractivity contribution in [1.82, 2.24) is 15.1 Å². The van der Waals surface area contributed by atoms with Crippen molar-refractivity contribution < 1.29 is 27.9 Å². The molecule has 1 aromatic carbocycles. The molecule has 12 heteroatoms. The van der Waals surface area contributed by atoms with Crippen molar-refractivity contribution in [2.75, 3.05) is 24.2 Å². The first-order chi connectivity index (χ1) is 12.7. The van der Waals surface area contributed by atoms with Crippen LogP contribution in [0.2, 0.25) is 0 Å². The minimum absolute atomic E-state index is 0.0182. The molecular weight excluding hydrogens is 405 g/mol. The van der Waals surface area contributed by atoms with E-state index >= 15 is 0 Å². The molecule has 1 unspecified atom stereocenters. The summed E-state index contributed by atoms with van der Waals surface area (Å²) >= 11 is 2.00.